The predicted molar refractivity (Wildman–Crippen MR) is 104 cm³/mol. The van der Waals surface area contributed by atoms with Crippen LogP contribution < -0.4 is 11.1 Å². The van der Waals surface area contributed by atoms with E-state index in [-0.39, 0.29) is 12.1 Å². The molecule has 9 heteroatoms. The molecule has 2 aromatic carbocycles. The Morgan fingerprint density at radius 1 is 1.10 bits per heavy atom. The van der Waals surface area contributed by atoms with Gasteiger partial charge >= 0.3 is 6.18 Å². The SMILES string of the molecule is Cc1ccc(-c2cc(NC[C@H](N)c3cc(C(F)(F)F)ccc3F)ncn2)cc1Cl. The van der Waals surface area contributed by atoms with Crippen molar-refractivity contribution in [2.75, 3.05) is 11.9 Å². The van der Waals surface area contributed by atoms with Crippen molar-refractivity contribution in [1.82, 2.24) is 9.97 Å². The minimum atomic E-state index is -4.58. The van der Waals surface area contributed by atoms with Crippen molar-refractivity contribution in [3.05, 3.63) is 76.3 Å². The van der Waals surface area contributed by atoms with E-state index in [1.165, 1.54) is 6.33 Å². The number of anilines is 1. The molecule has 0 saturated heterocycles. The van der Waals surface area contributed by atoms with Crippen LogP contribution in [0.1, 0.15) is 22.7 Å². The lowest BCUT2D eigenvalue weighted by atomic mass is 10.0. The van der Waals surface area contributed by atoms with Gasteiger partial charge in [-0.25, -0.2) is 14.4 Å². The molecule has 0 amide bonds. The predicted octanol–water partition coefficient (Wildman–Crippen LogP) is 5.38. The van der Waals surface area contributed by atoms with Gasteiger partial charge in [-0.1, -0.05) is 23.7 Å². The largest absolute Gasteiger partial charge is 0.416 e. The van der Waals surface area contributed by atoms with Gasteiger partial charge in [-0.2, -0.15) is 13.2 Å². The van der Waals surface area contributed by atoms with Crippen molar-refractivity contribution in [3.8, 4) is 11.3 Å². The van der Waals surface area contributed by atoms with Crippen molar-refractivity contribution >= 4 is 17.4 Å². The van der Waals surface area contributed by atoms with E-state index in [0.717, 1.165) is 23.3 Å². The number of alkyl halides is 3. The molecular formula is C20H17ClF4N4. The standard InChI is InChI=1S/C20H17ClF4N4/c1-11-2-3-12(6-15(11)21)18-8-19(29-10-28-18)27-9-17(26)14-7-13(20(23,24)25)4-5-16(14)22/h2-8,10,17H,9,26H2,1H3,(H,27,28,29)/t17-/m0/s1. The molecule has 0 aliphatic heterocycles. The van der Waals surface area contributed by atoms with Crippen LogP contribution in [-0.4, -0.2) is 16.5 Å². The van der Waals surface area contributed by atoms with Crippen LogP contribution in [0.15, 0.2) is 48.8 Å². The molecule has 0 aliphatic carbocycles. The van der Waals surface area contributed by atoms with E-state index in [9.17, 15) is 17.6 Å². The minimum Gasteiger partial charge on any atom is -0.368 e. The number of nitrogens with zero attached hydrogens (tertiary/aromatic N) is 2. The Morgan fingerprint density at radius 2 is 1.86 bits per heavy atom. The number of halogens is 5. The van der Waals surface area contributed by atoms with Crippen LogP contribution >= 0.6 is 11.6 Å². The summed E-state index contributed by atoms with van der Waals surface area (Å²) in [6.45, 7) is 1.86. The number of rotatable bonds is 5. The third-order valence-corrected chi connectivity index (χ3v) is 4.77. The molecule has 1 atom stereocenters. The zero-order valence-electron chi connectivity index (χ0n) is 15.3. The fourth-order valence-corrected chi connectivity index (χ4v) is 2.87. The normalized spacial score (nSPS) is 12.7. The van der Waals surface area contributed by atoms with Gasteiger partial charge in [-0.05, 0) is 36.8 Å². The van der Waals surface area contributed by atoms with Gasteiger partial charge in [0, 0.05) is 28.8 Å². The van der Waals surface area contributed by atoms with Crippen LogP contribution in [0, 0.1) is 12.7 Å². The lowest BCUT2D eigenvalue weighted by Gasteiger charge is -2.16. The summed E-state index contributed by atoms with van der Waals surface area (Å²) in [6, 6.07) is 8.30. The van der Waals surface area contributed by atoms with E-state index in [1.54, 1.807) is 12.1 Å². The number of nitrogens with two attached hydrogens (primary N) is 1. The highest BCUT2D eigenvalue weighted by Crippen LogP contribution is 2.31. The second-order valence-corrected chi connectivity index (χ2v) is 6.88. The summed E-state index contributed by atoms with van der Waals surface area (Å²) < 4.78 is 52.6. The summed E-state index contributed by atoms with van der Waals surface area (Å²) in [5.74, 6) is -0.403. The van der Waals surface area contributed by atoms with E-state index < -0.39 is 23.6 Å². The highest BCUT2D eigenvalue weighted by atomic mass is 35.5. The van der Waals surface area contributed by atoms with Crippen molar-refractivity contribution in [2.24, 2.45) is 5.73 Å². The molecule has 152 valence electrons. The summed E-state index contributed by atoms with van der Waals surface area (Å²) in [5, 5.41) is 3.50. The number of aryl methyl sites for hydroxylation is 1. The highest BCUT2D eigenvalue weighted by Gasteiger charge is 2.31. The molecule has 1 aromatic heterocycles. The van der Waals surface area contributed by atoms with Gasteiger partial charge in [0.25, 0.3) is 0 Å². The second-order valence-electron chi connectivity index (χ2n) is 6.47. The molecule has 3 N–H and O–H groups in total. The Morgan fingerprint density at radius 3 is 2.55 bits per heavy atom. The summed E-state index contributed by atoms with van der Waals surface area (Å²) in [4.78, 5) is 8.26. The molecule has 0 fully saturated rings. The molecule has 0 radical (unpaired) electrons. The highest BCUT2D eigenvalue weighted by molar-refractivity contribution is 6.31. The first-order valence-electron chi connectivity index (χ1n) is 8.60. The number of benzene rings is 2. The molecule has 4 nitrogen and oxygen atoms in total. The average Bonchev–Trinajstić information content (AvgIpc) is 2.68. The summed E-state index contributed by atoms with van der Waals surface area (Å²) in [6.07, 6.45) is -3.24. The van der Waals surface area contributed by atoms with Gasteiger partial charge in [0.15, 0.2) is 0 Å². The number of hydrogen-bond acceptors (Lipinski definition) is 4. The summed E-state index contributed by atoms with van der Waals surface area (Å²) >= 11 is 6.14. The maximum atomic E-state index is 14.0. The number of hydrogen-bond donors (Lipinski definition) is 2. The third-order valence-electron chi connectivity index (χ3n) is 4.36. The van der Waals surface area contributed by atoms with Gasteiger partial charge in [-0.15, -0.1) is 0 Å². The van der Waals surface area contributed by atoms with Crippen molar-refractivity contribution in [1.29, 1.82) is 0 Å². The molecule has 3 aromatic rings. The Balaban J connectivity index is 1.76. The zero-order valence-corrected chi connectivity index (χ0v) is 16.0. The van der Waals surface area contributed by atoms with Gasteiger partial charge in [0.05, 0.1) is 17.3 Å². The second kappa shape index (κ2) is 8.34. The smallest absolute Gasteiger partial charge is 0.368 e. The van der Waals surface area contributed by atoms with E-state index >= 15 is 0 Å². The molecule has 0 aliphatic rings. The van der Waals surface area contributed by atoms with Gasteiger partial charge in [0.2, 0.25) is 0 Å². The van der Waals surface area contributed by atoms with Gasteiger partial charge in [-0.3, -0.25) is 0 Å². The molecular weight excluding hydrogens is 408 g/mol. The zero-order chi connectivity index (χ0) is 21.2. The van der Waals surface area contributed by atoms with E-state index in [1.807, 2.05) is 19.1 Å². The Kier molecular flexibility index (Phi) is 6.04. The van der Waals surface area contributed by atoms with Crippen LogP contribution in [0.4, 0.5) is 23.4 Å². The quantitative estimate of drug-likeness (QED) is 0.540. The summed E-state index contributed by atoms with van der Waals surface area (Å²) in [7, 11) is 0. The van der Waals surface area contributed by atoms with E-state index in [4.69, 9.17) is 17.3 Å². The molecule has 0 unspecified atom stereocenters. The number of nitrogens with one attached hydrogen (secondary N) is 1. The topological polar surface area (TPSA) is 63.8 Å². The van der Waals surface area contributed by atoms with Crippen LogP contribution in [0.25, 0.3) is 11.3 Å². The van der Waals surface area contributed by atoms with Crippen LogP contribution in [0.3, 0.4) is 0 Å². The van der Waals surface area contributed by atoms with Gasteiger partial charge < -0.3 is 11.1 Å². The van der Waals surface area contributed by atoms with Crippen molar-refractivity contribution in [3.63, 3.8) is 0 Å². The Labute approximate surface area is 169 Å². The van der Waals surface area contributed by atoms with E-state index in [2.05, 4.69) is 15.3 Å². The lowest BCUT2D eigenvalue weighted by Crippen LogP contribution is -2.23. The number of aromatic nitrogens is 2. The van der Waals surface area contributed by atoms with E-state index in [0.29, 0.717) is 22.6 Å². The van der Waals surface area contributed by atoms with Crippen molar-refractivity contribution in [2.45, 2.75) is 19.1 Å². The van der Waals surface area contributed by atoms with Crippen LogP contribution in [-0.2, 0) is 6.18 Å². The fourth-order valence-electron chi connectivity index (χ4n) is 2.69. The minimum absolute atomic E-state index is 0.0245. The molecule has 29 heavy (non-hydrogen) atoms. The van der Waals surface area contributed by atoms with Gasteiger partial charge in [0.1, 0.15) is 18.0 Å². The fraction of sp³-hybridized carbons (Fsp3) is 0.200. The average molecular weight is 425 g/mol. The van der Waals surface area contributed by atoms with Crippen LogP contribution in [0.5, 0.6) is 0 Å². The van der Waals surface area contributed by atoms with Crippen molar-refractivity contribution < 1.29 is 17.6 Å². The molecule has 0 saturated carbocycles. The molecule has 0 bridgehead atoms. The lowest BCUT2D eigenvalue weighted by molar-refractivity contribution is -0.137. The molecule has 1 heterocycles. The van der Waals surface area contributed by atoms with Crippen LogP contribution in [0.2, 0.25) is 5.02 Å². The Bertz CT molecular complexity index is 1020. The monoisotopic (exact) mass is 424 g/mol. The maximum absolute atomic E-state index is 14.0. The molecule has 0 spiro atoms. The first kappa shape index (κ1) is 21.0. The first-order valence-corrected chi connectivity index (χ1v) is 8.97. The molecule has 3 rings (SSSR count). The third kappa shape index (κ3) is 5.02. The summed E-state index contributed by atoms with van der Waals surface area (Å²) in [5.41, 5.74) is 7.03. The maximum Gasteiger partial charge on any atom is 0.416 e. The Hall–Kier alpha value is -2.71. The first-order chi connectivity index (χ1) is 13.6.